The van der Waals surface area contributed by atoms with E-state index in [1.54, 1.807) is 6.07 Å². The zero-order chi connectivity index (χ0) is 20.1. The van der Waals surface area contributed by atoms with Crippen molar-refractivity contribution in [1.29, 1.82) is 0 Å². The van der Waals surface area contributed by atoms with Crippen LogP contribution in [0.4, 0.5) is 5.69 Å². The normalized spacial score (nSPS) is 10.4. The molecule has 0 unspecified atom stereocenters. The minimum absolute atomic E-state index is 0.0199. The summed E-state index contributed by atoms with van der Waals surface area (Å²) in [6.45, 7) is 2.48. The number of hydrogen-bond donors (Lipinski definition) is 0. The largest absolute Gasteiger partial charge is 0.494 e. The van der Waals surface area contributed by atoms with Crippen LogP contribution in [0.15, 0.2) is 54.6 Å². The fraction of sp³-hybridized carbons (Fsp3) is 0.105. The highest BCUT2D eigenvalue weighted by Crippen LogP contribution is 2.26. The Morgan fingerprint density at radius 3 is 2.46 bits per heavy atom. The molecule has 142 valence electrons. The minimum Gasteiger partial charge on any atom is -0.494 e. The van der Waals surface area contributed by atoms with E-state index in [9.17, 15) is 14.9 Å². The van der Waals surface area contributed by atoms with Gasteiger partial charge in [-0.25, -0.2) is 4.79 Å². The number of hydrogen-bond acceptors (Lipinski definition) is 7. The predicted molar refractivity (Wildman–Crippen MR) is 102 cm³/mol. The highest BCUT2D eigenvalue weighted by molar-refractivity contribution is 6.32. The van der Waals surface area contributed by atoms with Crippen molar-refractivity contribution < 1.29 is 19.2 Å². The second-order valence-corrected chi connectivity index (χ2v) is 5.93. The molecule has 0 N–H and O–H groups in total. The molecule has 0 atom stereocenters. The van der Waals surface area contributed by atoms with E-state index in [2.05, 4.69) is 10.2 Å². The number of halogens is 1. The van der Waals surface area contributed by atoms with Gasteiger partial charge >= 0.3 is 5.97 Å². The van der Waals surface area contributed by atoms with Gasteiger partial charge in [-0.1, -0.05) is 11.6 Å². The first kappa shape index (κ1) is 19.2. The topological polar surface area (TPSA) is 104 Å². The lowest BCUT2D eigenvalue weighted by atomic mass is 10.1. The van der Waals surface area contributed by atoms with E-state index in [1.807, 2.05) is 31.2 Å². The molecule has 0 aliphatic rings. The second kappa shape index (κ2) is 8.45. The summed E-state index contributed by atoms with van der Waals surface area (Å²) in [4.78, 5) is 22.4. The van der Waals surface area contributed by atoms with Crippen molar-refractivity contribution in [2.75, 3.05) is 6.61 Å². The van der Waals surface area contributed by atoms with Gasteiger partial charge in [-0.05, 0) is 49.4 Å². The third-order valence-electron chi connectivity index (χ3n) is 3.68. The lowest BCUT2D eigenvalue weighted by molar-refractivity contribution is -0.384. The van der Waals surface area contributed by atoms with Crippen LogP contribution in [-0.4, -0.2) is 27.7 Å². The van der Waals surface area contributed by atoms with Crippen LogP contribution in [0, 0.1) is 10.1 Å². The first-order valence-corrected chi connectivity index (χ1v) is 8.59. The molecule has 0 amide bonds. The smallest absolute Gasteiger partial charge is 0.345 e. The van der Waals surface area contributed by atoms with E-state index in [0.717, 1.165) is 17.4 Å². The van der Waals surface area contributed by atoms with Crippen LogP contribution in [0.2, 0.25) is 5.02 Å². The Balaban J connectivity index is 1.72. The van der Waals surface area contributed by atoms with Gasteiger partial charge in [0.15, 0.2) is 0 Å². The Bertz CT molecular complexity index is 1010. The Labute approximate surface area is 164 Å². The SMILES string of the molecule is CCOc1ccc(-c2ccc(OC(=O)c3ccc(Cl)c([N+](=O)[O-])c3)nn2)cc1. The Kier molecular flexibility index (Phi) is 5.81. The summed E-state index contributed by atoms with van der Waals surface area (Å²) in [6, 6.07) is 14.1. The molecule has 1 heterocycles. The maximum Gasteiger partial charge on any atom is 0.345 e. The first-order valence-electron chi connectivity index (χ1n) is 8.21. The molecule has 0 saturated heterocycles. The van der Waals surface area contributed by atoms with E-state index in [1.165, 1.54) is 18.2 Å². The molecule has 8 nitrogen and oxygen atoms in total. The number of ether oxygens (including phenoxy) is 2. The number of benzene rings is 2. The molecule has 0 radical (unpaired) electrons. The summed E-state index contributed by atoms with van der Waals surface area (Å²) < 4.78 is 10.5. The highest BCUT2D eigenvalue weighted by atomic mass is 35.5. The quantitative estimate of drug-likeness (QED) is 0.345. The number of nitrogens with zero attached hydrogens (tertiary/aromatic N) is 3. The Morgan fingerprint density at radius 1 is 1.11 bits per heavy atom. The van der Waals surface area contributed by atoms with Crippen LogP contribution >= 0.6 is 11.6 Å². The number of esters is 1. The molecule has 1 aromatic heterocycles. The molecule has 0 bridgehead atoms. The number of rotatable bonds is 6. The van der Waals surface area contributed by atoms with Crippen LogP contribution in [0.5, 0.6) is 11.6 Å². The molecule has 2 aromatic carbocycles. The number of carbonyl (C=O) groups is 1. The molecule has 3 aromatic rings. The monoisotopic (exact) mass is 399 g/mol. The van der Waals surface area contributed by atoms with Crippen LogP contribution in [0.3, 0.4) is 0 Å². The summed E-state index contributed by atoms with van der Waals surface area (Å²) in [5.74, 6) is -0.0815. The van der Waals surface area contributed by atoms with Gasteiger partial charge in [-0.15, -0.1) is 10.2 Å². The zero-order valence-electron chi connectivity index (χ0n) is 14.7. The van der Waals surface area contributed by atoms with Gasteiger partial charge in [0.25, 0.3) is 5.69 Å². The first-order chi connectivity index (χ1) is 13.5. The van der Waals surface area contributed by atoms with Crippen LogP contribution in [-0.2, 0) is 0 Å². The number of aromatic nitrogens is 2. The minimum atomic E-state index is -0.803. The number of nitro benzene ring substituents is 1. The maximum absolute atomic E-state index is 12.2. The highest BCUT2D eigenvalue weighted by Gasteiger charge is 2.18. The van der Waals surface area contributed by atoms with Gasteiger partial charge in [0.1, 0.15) is 10.8 Å². The number of carbonyl (C=O) groups excluding carboxylic acids is 1. The molecular formula is C19H14ClN3O5. The zero-order valence-corrected chi connectivity index (χ0v) is 15.4. The van der Waals surface area contributed by atoms with Gasteiger partial charge in [-0.3, -0.25) is 10.1 Å². The van der Waals surface area contributed by atoms with Crippen molar-refractivity contribution in [1.82, 2.24) is 10.2 Å². The molecule has 0 saturated carbocycles. The maximum atomic E-state index is 12.2. The van der Waals surface area contributed by atoms with Crippen LogP contribution in [0.25, 0.3) is 11.3 Å². The van der Waals surface area contributed by atoms with Crippen molar-refractivity contribution in [2.24, 2.45) is 0 Å². The van der Waals surface area contributed by atoms with E-state index < -0.39 is 10.9 Å². The molecule has 9 heteroatoms. The van der Waals surface area contributed by atoms with Crippen molar-refractivity contribution in [3.8, 4) is 22.9 Å². The standard InChI is InChI=1S/C19H14ClN3O5/c1-2-27-14-6-3-12(4-7-14)16-9-10-18(22-21-16)28-19(24)13-5-8-15(20)17(11-13)23(25)26/h3-11H,2H2,1H3. The Morgan fingerprint density at radius 2 is 1.86 bits per heavy atom. The third kappa shape index (κ3) is 4.41. The summed E-state index contributed by atoms with van der Waals surface area (Å²) >= 11 is 5.74. The van der Waals surface area contributed by atoms with Crippen molar-refractivity contribution in [3.05, 3.63) is 75.3 Å². The molecule has 3 rings (SSSR count). The fourth-order valence-corrected chi connectivity index (χ4v) is 2.54. The van der Waals surface area contributed by atoms with E-state index in [-0.39, 0.29) is 22.2 Å². The van der Waals surface area contributed by atoms with Gasteiger partial charge in [0.05, 0.1) is 22.8 Å². The molecule has 0 aliphatic heterocycles. The third-order valence-corrected chi connectivity index (χ3v) is 4.00. The van der Waals surface area contributed by atoms with E-state index in [0.29, 0.717) is 12.3 Å². The molecule has 28 heavy (non-hydrogen) atoms. The van der Waals surface area contributed by atoms with Gasteiger partial charge in [0, 0.05) is 17.7 Å². The molecule has 0 fully saturated rings. The van der Waals surface area contributed by atoms with Crippen LogP contribution < -0.4 is 9.47 Å². The predicted octanol–water partition coefficient (Wildman–Crippen LogP) is 4.32. The average molecular weight is 400 g/mol. The summed E-state index contributed by atoms with van der Waals surface area (Å²) in [7, 11) is 0. The summed E-state index contributed by atoms with van der Waals surface area (Å²) in [6.07, 6.45) is 0. The molecule has 0 aliphatic carbocycles. The second-order valence-electron chi connectivity index (χ2n) is 5.53. The van der Waals surface area contributed by atoms with Crippen LogP contribution in [0.1, 0.15) is 17.3 Å². The Hall–Kier alpha value is -3.52. The number of nitro groups is 1. The van der Waals surface area contributed by atoms with Gasteiger partial charge < -0.3 is 9.47 Å². The van der Waals surface area contributed by atoms with E-state index in [4.69, 9.17) is 21.1 Å². The van der Waals surface area contributed by atoms with Crippen molar-refractivity contribution in [2.45, 2.75) is 6.92 Å². The van der Waals surface area contributed by atoms with Gasteiger partial charge in [-0.2, -0.15) is 0 Å². The lowest BCUT2D eigenvalue weighted by Crippen LogP contribution is -2.10. The molecule has 0 spiro atoms. The average Bonchev–Trinajstić information content (AvgIpc) is 2.69. The van der Waals surface area contributed by atoms with Crippen molar-refractivity contribution >= 4 is 23.3 Å². The molecular weight excluding hydrogens is 386 g/mol. The van der Waals surface area contributed by atoms with E-state index >= 15 is 0 Å². The summed E-state index contributed by atoms with van der Waals surface area (Å²) in [5.41, 5.74) is 1.01. The van der Waals surface area contributed by atoms with Crippen molar-refractivity contribution in [3.63, 3.8) is 0 Å². The lowest BCUT2D eigenvalue weighted by Gasteiger charge is -2.06. The summed E-state index contributed by atoms with van der Waals surface area (Å²) in [5, 5.41) is 18.8. The van der Waals surface area contributed by atoms with Gasteiger partial charge in [0.2, 0.25) is 5.88 Å². The fourth-order valence-electron chi connectivity index (χ4n) is 2.35.